The Morgan fingerprint density at radius 1 is 0.273 bits per heavy atom. The summed E-state index contributed by atoms with van der Waals surface area (Å²) in [5.41, 5.74) is 0. The van der Waals surface area contributed by atoms with Gasteiger partial charge in [-0.2, -0.15) is 133 Å². The highest BCUT2D eigenvalue weighted by Gasteiger charge is 2.90. The number of rotatable bonds is 8. The van der Waals surface area contributed by atoms with E-state index < -0.39 is 88.4 Å². The molecule has 0 bridgehead atoms. The highest BCUT2D eigenvalue weighted by molar-refractivity contribution is 5.77. The average molecular weight is 732 g/mol. The number of amides is 2. The van der Waals surface area contributed by atoms with Gasteiger partial charge in [0.15, 0.2) is 0 Å². The van der Waals surface area contributed by atoms with Gasteiger partial charge in [-0.15, -0.1) is 0 Å². The SMILES string of the molecule is O=C(N(C(F)(F)C(F)(F)C(F)(F)F)C(F)(F)C(F)(F)C(F)(F)F)N(C(F)(F)C(F)(F)C(F)(F)F)C(F)(F)C(F)(F)C(F)(F)F. The van der Waals surface area contributed by atoms with Gasteiger partial charge in [0, 0.05) is 0 Å². The van der Waals surface area contributed by atoms with Crippen molar-refractivity contribution < 1.29 is 128 Å². The quantitative estimate of drug-likeness (QED) is 0.181. The molecule has 44 heavy (non-hydrogen) atoms. The fraction of sp³-hybridized carbons (Fsp3) is 0.923. The van der Waals surface area contributed by atoms with Gasteiger partial charge >= 0.3 is 78.6 Å². The summed E-state index contributed by atoms with van der Waals surface area (Å²) in [7, 11) is 0. The van der Waals surface area contributed by atoms with E-state index in [-0.39, 0.29) is 0 Å². The normalized spacial score (nSPS) is 16.3. The summed E-state index contributed by atoms with van der Waals surface area (Å²) in [5, 5.41) is 0. The Balaban J connectivity index is 8.62. The lowest BCUT2D eigenvalue weighted by Gasteiger charge is -2.48. The lowest BCUT2D eigenvalue weighted by Crippen LogP contribution is -2.79. The van der Waals surface area contributed by atoms with Crippen molar-refractivity contribution in [2.75, 3.05) is 0 Å². The van der Waals surface area contributed by atoms with E-state index in [4.69, 9.17) is 0 Å². The zero-order chi connectivity index (χ0) is 36.7. The van der Waals surface area contributed by atoms with Crippen LogP contribution in [-0.4, -0.2) is 88.4 Å². The summed E-state index contributed by atoms with van der Waals surface area (Å²) < 4.78 is 366. The van der Waals surface area contributed by atoms with Crippen LogP contribution >= 0.6 is 0 Å². The van der Waals surface area contributed by atoms with E-state index in [1.807, 2.05) is 0 Å². The Morgan fingerprint density at radius 3 is 0.477 bits per heavy atom. The zero-order valence-electron chi connectivity index (χ0n) is 18.4. The molecule has 0 fully saturated rings. The number of hydrogen-bond acceptors (Lipinski definition) is 1. The molecule has 0 radical (unpaired) electrons. The molecule has 0 N–H and O–H groups in total. The lowest BCUT2D eigenvalue weighted by molar-refractivity contribution is -0.463. The minimum Gasteiger partial charge on any atom is -0.248 e. The van der Waals surface area contributed by atoms with E-state index in [1.165, 1.54) is 0 Å². The van der Waals surface area contributed by atoms with Gasteiger partial charge in [-0.3, -0.25) is 0 Å². The fourth-order valence-electron chi connectivity index (χ4n) is 2.18. The minimum absolute atomic E-state index is 5.61. The molecule has 0 aliphatic rings. The first-order valence-electron chi connectivity index (χ1n) is 8.84. The maximum Gasteiger partial charge on any atom is 0.462 e. The molecule has 3 nitrogen and oxygen atoms in total. The molecule has 0 aliphatic heterocycles. The molecular formula is C13F28N2O. The third-order valence-electron chi connectivity index (χ3n) is 4.44. The van der Waals surface area contributed by atoms with Crippen molar-refractivity contribution in [2.24, 2.45) is 0 Å². The van der Waals surface area contributed by atoms with Crippen LogP contribution in [0.3, 0.4) is 0 Å². The van der Waals surface area contributed by atoms with E-state index in [2.05, 4.69) is 0 Å². The molecule has 264 valence electrons. The molecule has 0 saturated carbocycles. The van der Waals surface area contributed by atoms with E-state index in [9.17, 15) is 128 Å². The lowest BCUT2D eigenvalue weighted by atomic mass is 10.1. The van der Waals surface area contributed by atoms with E-state index in [1.54, 1.807) is 0 Å². The largest absolute Gasteiger partial charge is 0.462 e. The molecule has 31 heteroatoms. The maximum atomic E-state index is 13.9. The van der Waals surface area contributed by atoms with Crippen molar-refractivity contribution in [2.45, 2.75) is 72.6 Å². The van der Waals surface area contributed by atoms with Crippen LogP contribution < -0.4 is 0 Å². The van der Waals surface area contributed by atoms with Gasteiger partial charge in [0.05, 0.1) is 0 Å². The number of hydrogen-bond donors (Lipinski definition) is 0. The monoisotopic (exact) mass is 732 g/mol. The van der Waals surface area contributed by atoms with E-state index in [0.29, 0.717) is 0 Å². The second kappa shape index (κ2) is 10.2. The zero-order valence-corrected chi connectivity index (χ0v) is 18.4. The Hall–Kier alpha value is -2.69. The second-order valence-corrected chi connectivity index (χ2v) is 7.41. The van der Waals surface area contributed by atoms with Crippen molar-refractivity contribution in [3.05, 3.63) is 0 Å². The number of carbonyl (C=O) groups excluding carboxylic acids is 1. The molecule has 0 aromatic carbocycles. The standard InChI is InChI=1S/C13F28N2O/c14-2(15,6(22,23)24)10(34,35)42(11(36,37)3(16,17)7(25,26)27)1(44)43(12(38,39)4(18,19)8(28,29)30)13(40,41)5(20,21)9(31,32)33. The number of nitrogens with zero attached hydrogens (tertiary/aromatic N) is 2. The number of halogens is 28. The third kappa shape index (κ3) is 5.62. The van der Waals surface area contributed by atoms with Gasteiger partial charge in [-0.1, -0.05) is 0 Å². The van der Waals surface area contributed by atoms with Gasteiger partial charge in [0.1, 0.15) is 0 Å². The van der Waals surface area contributed by atoms with Crippen molar-refractivity contribution in [1.82, 2.24) is 9.80 Å². The van der Waals surface area contributed by atoms with Crippen LogP contribution in [0.1, 0.15) is 0 Å². The van der Waals surface area contributed by atoms with Crippen molar-refractivity contribution in [3.63, 3.8) is 0 Å². The smallest absolute Gasteiger partial charge is 0.248 e. The van der Waals surface area contributed by atoms with Crippen LogP contribution in [0.2, 0.25) is 0 Å². The molecule has 0 atom stereocenters. The molecule has 0 rings (SSSR count). The van der Waals surface area contributed by atoms with Crippen LogP contribution in [0.15, 0.2) is 0 Å². The average Bonchev–Trinajstić information content (AvgIpc) is 2.69. The summed E-state index contributed by atoms with van der Waals surface area (Å²) >= 11 is 0. The van der Waals surface area contributed by atoms with Crippen LogP contribution in [0.5, 0.6) is 0 Å². The highest BCUT2D eigenvalue weighted by atomic mass is 19.5. The number of alkyl halides is 28. The molecule has 0 aromatic rings. The molecule has 0 heterocycles. The first-order chi connectivity index (χ1) is 18.4. The predicted octanol–water partition coefficient (Wildman–Crippen LogP) is 8.87. The Kier molecular flexibility index (Phi) is 9.54. The maximum absolute atomic E-state index is 13.9. The van der Waals surface area contributed by atoms with Gasteiger partial charge in [0.25, 0.3) is 0 Å². The molecule has 0 saturated heterocycles. The molecule has 0 unspecified atom stereocenters. The van der Waals surface area contributed by atoms with E-state index in [0.717, 1.165) is 0 Å². The first kappa shape index (κ1) is 41.3. The van der Waals surface area contributed by atoms with Gasteiger partial charge in [0.2, 0.25) is 0 Å². The van der Waals surface area contributed by atoms with Crippen LogP contribution in [0.25, 0.3) is 0 Å². The van der Waals surface area contributed by atoms with Gasteiger partial charge in [-0.05, 0) is 0 Å². The van der Waals surface area contributed by atoms with Gasteiger partial charge in [-0.25, -0.2) is 4.79 Å². The first-order valence-corrected chi connectivity index (χ1v) is 8.84. The van der Waals surface area contributed by atoms with Gasteiger partial charge < -0.3 is 0 Å². The molecule has 0 aliphatic carbocycles. The summed E-state index contributed by atoms with van der Waals surface area (Å²) in [6.07, 6.45) is -34.1. The van der Waals surface area contributed by atoms with E-state index >= 15 is 0 Å². The highest BCUT2D eigenvalue weighted by Crippen LogP contribution is 2.60. The predicted molar refractivity (Wildman–Crippen MR) is 72.9 cm³/mol. The Bertz CT molecular complexity index is 897. The second-order valence-electron chi connectivity index (χ2n) is 7.41. The summed E-state index contributed by atoms with van der Waals surface area (Å²) in [5.74, 6) is -36.2. The number of urea groups is 1. The molecule has 0 spiro atoms. The summed E-state index contributed by atoms with van der Waals surface area (Å²) in [6, 6.07) is -44.4. The minimum atomic E-state index is -9.41. The van der Waals surface area contributed by atoms with Crippen molar-refractivity contribution in [1.29, 1.82) is 0 Å². The molecule has 0 aromatic heterocycles. The van der Waals surface area contributed by atoms with Crippen LogP contribution in [-0.2, 0) is 0 Å². The fourth-order valence-corrected chi connectivity index (χ4v) is 2.18. The molecular weight excluding hydrogens is 732 g/mol. The Morgan fingerprint density at radius 2 is 0.386 bits per heavy atom. The third-order valence-corrected chi connectivity index (χ3v) is 4.44. The van der Waals surface area contributed by atoms with Crippen molar-refractivity contribution >= 4 is 6.03 Å². The van der Waals surface area contributed by atoms with Crippen molar-refractivity contribution in [3.8, 4) is 0 Å². The van der Waals surface area contributed by atoms with Crippen LogP contribution in [0, 0.1) is 0 Å². The molecule has 2 amide bonds. The summed E-state index contributed by atoms with van der Waals surface area (Å²) in [6.45, 7) is 0. The van der Waals surface area contributed by atoms with Crippen LogP contribution in [0.4, 0.5) is 128 Å². The summed E-state index contributed by atoms with van der Waals surface area (Å²) in [4.78, 5) is 0.435. The Labute approximate surface area is 217 Å². The topological polar surface area (TPSA) is 23.6 Å². The number of carbonyl (C=O) groups is 1.